The van der Waals surface area contributed by atoms with Crippen molar-refractivity contribution in [3.63, 3.8) is 0 Å². The summed E-state index contributed by atoms with van der Waals surface area (Å²) < 4.78 is 26.7. The Kier molecular flexibility index (Phi) is 2.25. The highest BCUT2D eigenvalue weighted by Gasteiger charge is 2.12. The molecule has 0 fully saturated rings. The summed E-state index contributed by atoms with van der Waals surface area (Å²) in [6, 6.07) is 2.25. The van der Waals surface area contributed by atoms with E-state index in [0.717, 1.165) is 16.5 Å². The molecule has 0 spiro atoms. The first-order valence-electron chi connectivity index (χ1n) is 4.20. The van der Waals surface area contributed by atoms with Crippen molar-refractivity contribution < 1.29 is 8.78 Å². The second-order valence-corrected chi connectivity index (χ2v) is 4.22. The summed E-state index contributed by atoms with van der Waals surface area (Å²) in [7, 11) is 0. The molecule has 0 saturated carbocycles. The van der Waals surface area contributed by atoms with Gasteiger partial charge in [-0.3, -0.25) is 0 Å². The van der Waals surface area contributed by atoms with E-state index in [4.69, 9.17) is 5.73 Å². The Labute approximate surface area is 84.2 Å². The molecular formula is C10H9F2NS. The van der Waals surface area contributed by atoms with Crippen LogP contribution in [0.5, 0.6) is 0 Å². The summed E-state index contributed by atoms with van der Waals surface area (Å²) in [5.41, 5.74) is 6.38. The van der Waals surface area contributed by atoms with Crippen molar-refractivity contribution in [3.8, 4) is 0 Å². The summed E-state index contributed by atoms with van der Waals surface area (Å²) in [6.45, 7) is 2.20. The van der Waals surface area contributed by atoms with Crippen molar-refractivity contribution in [1.29, 1.82) is 0 Å². The van der Waals surface area contributed by atoms with Crippen LogP contribution in [0, 0.1) is 18.6 Å². The molecular weight excluding hydrogens is 204 g/mol. The average molecular weight is 213 g/mol. The van der Waals surface area contributed by atoms with Crippen LogP contribution in [0.1, 0.15) is 10.4 Å². The number of fused-ring (bicyclic) bond motifs is 1. The molecule has 0 bridgehead atoms. The summed E-state index contributed by atoms with van der Waals surface area (Å²) in [6.07, 6.45) is 0. The van der Waals surface area contributed by atoms with Crippen LogP contribution in [0.2, 0.25) is 0 Å². The number of rotatable bonds is 1. The molecule has 14 heavy (non-hydrogen) atoms. The van der Waals surface area contributed by atoms with Gasteiger partial charge in [0, 0.05) is 22.9 Å². The number of nitrogens with two attached hydrogens (primary N) is 1. The average Bonchev–Trinajstić information content (AvgIpc) is 2.44. The van der Waals surface area contributed by atoms with Crippen LogP contribution in [0.25, 0.3) is 10.1 Å². The normalized spacial score (nSPS) is 11.1. The van der Waals surface area contributed by atoms with Crippen LogP contribution in [-0.4, -0.2) is 0 Å². The fraction of sp³-hybridized carbons (Fsp3) is 0.200. The lowest BCUT2D eigenvalue weighted by Crippen LogP contribution is -1.94. The van der Waals surface area contributed by atoms with Crippen LogP contribution in [-0.2, 0) is 6.54 Å². The minimum atomic E-state index is -0.542. The predicted molar refractivity (Wildman–Crippen MR) is 54.4 cm³/mol. The van der Waals surface area contributed by atoms with Gasteiger partial charge in [0.05, 0.1) is 4.70 Å². The van der Waals surface area contributed by atoms with Gasteiger partial charge < -0.3 is 5.73 Å². The van der Waals surface area contributed by atoms with Crippen LogP contribution in [0.3, 0.4) is 0 Å². The van der Waals surface area contributed by atoms with Gasteiger partial charge in [-0.15, -0.1) is 11.3 Å². The van der Waals surface area contributed by atoms with E-state index in [0.29, 0.717) is 16.6 Å². The van der Waals surface area contributed by atoms with Crippen LogP contribution in [0.4, 0.5) is 8.78 Å². The fourth-order valence-corrected chi connectivity index (χ4v) is 2.56. The van der Waals surface area contributed by atoms with Gasteiger partial charge in [-0.2, -0.15) is 0 Å². The monoisotopic (exact) mass is 213 g/mol. The van der Waals surface area contributed by atoms with Gasteiger partial charge in [0.15, 0.2) is 0 Å². The van der Waals surface area contributed by atoms with E-state index >= 15 is 0 Å². The number of benzene rings is 1. The molecule has 1 aromatic carbocycles. The van der Waals surface area contributed by atoms with E-state index in [1.807, 2.05) is 6.92 Å². The number of aryl methyl sites for hydroxylation is 1. The van der Waals surface area contributed by atoms with E-state index in [1.54, 1.807) is 0 Å². The quantitative estimate of drug-likeness (QED) is 0.774. The summed E-state index contributed by atoms with van der Waals surface area (Å²) in [5.74, 6) is -1.05. The molecule has 0 aliphatic carbocycles. The molecule has 0 amide bonds. The summed E-state index contributed by atoms with van der Waals surface area (Å²) >= 11 is 1.29. The Morgan fingerprint density at radius 2 is 2.07 bits per heavy atom. The Morgan fingerprint density at radius 3 is 2.71 bits per heavy atom. The summed E-state index contributed by atoms with van der Waals surface area (Å²) in [4.78, 5) is 0.907. The lowest BCUT2D eigenvalue weighted by atomic mass is 10.1. The standard InChI is InChI=1S/C10H9F2NS/c1-5-7-2-6(11)3-8(12)10(7)14-9(5)4-13/h2-3H,4,13H2,1H3. The first kappa shape index (κ1) is 9.55. The molecule has 0 radical (unpaired) electrons. The number of hydrogen-bond donors (Lipinski definition) is 1. The van der Waals surface area contributed by atoms with E-state index in [2.05, 4.69) is 0 Å². The lowest BCUT2D eigenvalue weighted by molar-refractivity contribution is 0.593. The molecule has 2 N–H and O–H groups in total. The van der Waals surface area contributed by atoms with Gasteiger partial charge >= 0.3 is 0 Å². The predicted octanol–water partition coefficient (Wildman–Crippen LogP) is 2.95. The zero-order chi connectivity index (χ0) is 10.3. The number of thiophene rings is 1. The molecule has 1 aromatic heterocycles. The minimum absolute atomic E-state index is 0.367. The molecule has 0 atom stereocenters. The second kappa shape index (κ2) is 3.29. The van der Waals surface area contributed by atoms with Gasteiger partial charge in [-0.1, -0.05) is 0 Å². The van der Waals surface area contributed by atoms with E-state index in [1.165, 1.54) is 17.4 Å². The SMILES string of the molecule is Cc1c(CN)sc2c(F)cc(F)cc12. The Hall–Kier alpha value is -1.00. The molecule has 0 saturated heterocycles. The lowest BCUT2D eigenvalue weighted by Gasteiger charge is -1.94. The third-order valence-corrected chi connectivity index (χ3v) is 3.58. The topological polar surface area (TPSA) is 26.0 Å². The molecule has 0 aliphatic rings. The van der Waals surface area contributed by atoms with E-state index in [-0.39, 0.29) is 0 Å². The largest absolute Gasteiger partial charge is 0.326 e. The third kappa shape index (κ3) is 1.31. The van der Waals surface area contributed by atoms with Gasteiger partial charge in [0.2, 0.25) is 0 Å². The summed E-state index contributed by atoms with van der Waals surface area (Å²) in [5, 5.41) is 0.632. The molecule has 2 aromatic rings. The maximum absolute atomic E-state index is 13.3. The molecule has 74 valence electrons. The molecule has 0 aliphatic heterocycles. The van der Waals surface area contributed by atoms with Crippen molar-refractivity contribution in [3.05, 3.63) is 34.2 Å². The van der Waals surface area contributed by atoms with Gasteiger partial charge in [-0.05, 0) is 18.6 Å². The Morgan fingerprint density at radius 1 is 1.36 bits per heavy atom. The van der Waals surface area contributed by atoms with Crippen LogP contribution < -0.4 is 5.73 Å². The first-order chi connectivity index (χ1) is 6.63. The maximum atomic E-state index is 13.3. The first-order valence-corrected chi connectivity index (χ1v) is 5.02. The van der Waals surface area contributed by atoms with Crippen molar-refractivity contribution >= 4 is 21.4 Å². The van der Waals surface area contributed by atoms with Crippen LogP contribution >= 0.6 is 11.3 Å². The van der Waals surface area contributed by atoms with E-state index in [9.17, 15) is 8.78 Å². The van der Waals surface area contributed by atoms with Crippen molar-refractivity contribution in [2.24, 2.45) is 5.73 Å². The van der Waals surface area contributed by atoms with Crippen LogP contribution in [0.15, 0.2) is 12.1 Å². The van der Waals surface area contributed by atoms with Crippen molar-refractivity contribution in [2.75, 3.05) is 0 Å². The minimum Gasteiger partial charge on any atom is -0.326 e. The van der Waals surface area contributed by atoms with Gasteiger partial charge in [-0.25, -0.2) is 8.78 Å². The zero-order valence-electron chi connectivity index (χ0n) is 7.60. The zero-order valence-corrected chi connectivity index (χ0v) is 8.42. The van der Waals surface area contributed by atoms with E-state index < -0.39 is 11.6 Å². The second-order valence-electron chi connectivity index (χ2n) is 3.12. The highest BCUT2D eigenvalue weighted by Crippen LogP contribution is 2.32. The van der Waals surface area contributed by atoms with Crippen molar-refractivity contribution in [1.82, 2.24) is 0 Å². The molecule has 2 rings (SSSR count). The molecule has 1 nitrogen and oxygen atoms in total. The van der Waals surface area contributed by atoms with Crippen molar-refractivity contribution in [2.45, 2.75) is 13.5 Å². The van der Waals surface area contributed by atoms with Gasteiger partial charge in [0.25, 0.3) is 0 Å². The highest BCUT2D eigenvalue weighted by atomic mass is 32.1. The molecule has 0 unspecified atom stereocenters. The Bertz CT molecular complexity index is 490. The maximum Gasteiger partial charge on any atom is 0.143 e. The third-order valence-electron chi connectivity index (χ3n) is 2.24. The highest BCUT2D eigenvalue weighted by molar-refractivity contribution is 7.19. The number of halogens is 2. The number of hydrogen-bond acceptors (Lipinski definition) is 2. The van der Waals surface area contributed by atoms with Gasteiger partial charge in [0.1, 0.15) is 11.6 Å². The fourth-order valence-electron chi connectivity index (χ4n) is 1.49. The Balaban J connectivity index is 2.85. The smallest absolute Gasteiger partial charge is 0.143 e. The molecule has 1 heterocycles. The molecule has 4 heteroatoms.